The summed E-state index contributed by atoms with van der Waals surface area (Å²) in [4.78, 5) is 8.56. The molecule has 0 amide bonds. The third kappa shape index (κ3) is 8690. The third-order valence-electron chi connectivity index (χ3n) is 0. The van der Waals surface area contributed by atoms with Gasteiger partial charge in [0, 0.05) is 17.1 Å². The Hall–Kier alpha value is 0.109. The average Bonchev–Trinajstić information content (AvgIpc) is 1.41. The van der Waals surface area contributed by atoms with Gasteiger partial charge in [0.2, 0.25) is 0 Å². The van der Waals surface area contributed by atoms with Crippen LogP contribution < -0.4 is 0 Å². The van der Waals surface area contributed by atoms with E-state index in [1.54, 1.807) is 15.9 Å². The van der Waals surface area contributed by atoms with E-state index in [9.17, 15) is 0 Å². The number of carbonyl (C=O) groups is 1. The van der Waals surface area contributed by atoms with Crippen LogP contribution in [0.1, 0.15) is 0 Å². The zero-order valence-corrected chi connectivity index (χ0v) is 5.33. The van der Waals surface area contributed by atoms with Crippen molar-refractivity contribution in [2.24, 2.45) is 0 Å². The van der Waals surface area contributed by atoms with Gasteiger partial charge in [0.05, 0.1) is 0 Å². The molecular weight excluding hydrogens is 186 g/mol. The van der Waals surface area contributed by atoms with Crippen LogP contribution in [-0.2, 0) is 36.8 Å². The van der Waals surface area contributed by atoms with Crippen LogP contribution in [0.4, 0.5) is 4.79 Å². The van der Waals surface area contributed by atoms with Gasteiger partial charge in [-0.1, -0.05) is 0 Å². The Bertz CT molecular complexity index is 41.0. The first kappa shape index (κ1) is 15.7. The molecule has 0 heterocycles. The fraction of sp³-hybridized carbons (Fsp3) is 0. The van der Waals surface area contributed by atoms with Crippen molar-refractivity contribution in [3.8, 4) is 0 Å². The van der Waals surface area contributed by atoms with Gasteiger partial charge in [-0.25, -0.2) is 4.79 Å². The molecule has 0 aliphatic rings. The van der Waals surface area contributed by atoms with Crippen LogP contribution in [0.3, 0.4) is 0 Å². The molecule has 44 valence electrons. The summed E-state index contributed by atoms with van der Waals surface area (Å²) in [6, 6.07) is 0. The van der Waals surface area contributed by atoms with Crippen molar-refractivity contribution in [1.29, 1.82) is 0 Å². The first-order valence-electron chi connectivity index (χ1n) is 0.806. The summed E-state index contributed by atoms with van der Waals surface area (Å²) in [7, 11) is 0. The van der Waals surface area contributed by atoms with Crippen LogP contribution in [0, 0.1) is 0 Å². The van der Waals surface area contributed by atoms with E-state index in [-0.39, 0.29) is 17.1 Å². The van der Waals surface area contributed by atoms with Gasteiger partial charge in [0.1, 0.15) is 0 Å². The first-order chi connectivity index (χ1) is 2.73. The van der Waals surface area contributed by atoms with Crippen molar-refractivity contribution in [1.82, 2.24) is 0 Å². The average molecular weight is 188 g/mol. The molecule has 0 spiro atoms. The van der Waals surface area contributed by atoms with E-state index in [2.05, 4.69) is 0 Å². The molecule has 1 radical (unpaired) electrons. The van der Waals surface area contributed by atoms with Crippen LogP contribution >= 0.6 is 0 Å². The second-order valence-electron chi connectivity index (χ2n) is 0.283. The normalized spacial score (nSPS) is 4.00. The summed E-state index contributed by atoms with van der Waals surface area (Å²) in [6.45, 7) is 0. The van der Waals surface area contributed by atoms with Gasteiger partial charge in [0.25, 0.3) is 0 Å². The first-order valence-corrected chi connectivity index (χ1v) is 1.29. The van der Waals surface area contributed by atoms with Gasteiger partial charge in [-0.2, -0.15) is 0 Å². The molecule has 0 aliphatic carbocycles. The monoisotopic (exact) mass is 188 g/mol. The minimum absolute atomic E-state index is 0. The molecule has 0 atom stereocenters. The van der Waals surface area contributed by atoms with Crippen LogP contribution in [-0.4, -0.2) is 16.4 Å². The molecule has 0 saturated carbocycles. The number of hydrogen-bond acceptors (Lipinski definition) is 2. The summed E-state index contributed by atoms with van der Waals surface area (Å²) in [6.07, 6.45) is -1.83. The van der Waals surface area contributed by atoms with Crippen LogP contribution in [0.5, 0.6) is 0 Å². The van der Waals surface area contributed by atoms with Crippen LogP contribution in [0.2, 0.25) is 0 Å². The quantitative estimate of drug-likeness (QED) is 0.528. The van der Waals surface area contributed by atoms with Gasteiger partial charge in [0.15, 0.2) is 0 Å². The topological polar surface area (TPSA) is 74.6 Å². The number of carboxylic acid groups (broad SMARTS) is 2. The molecule has 6 heteroatoms. The Morgan fingerprint density at radius 2 is 1.29 bits per heavy atom. The van der Waals surface area contributed by atoms with Crippen molar-refractivity contribution >= 4 is 6.16 Å². The van der Waals surface area contributed by atoms with Crippen molar-refractivity contribution < 1.29 is 51.9 Å². The molecule has 2 N–H and O–H groups in total. The Labute approximate surface area is 58.4 Å². The summed E-state index contributed by atoms with van der Waals surface area (Å²) in [5.74, 6) is 0. The molecule has 0 aromatic carbocycles. The van der Waals surface area contributed by atoms with E-state index in [4.69, 9.17) is 18.8 Å². The predicted molar refractivity (Wildman–Crippen MR) is 11.3 cm³/mol. The van der Waals surface area contributed by atoms with Crippen molar-refractivity contribution in [3.63, 3.8) is 0 Å². The zero-order chi connectivity index (χ0) is 5.58. The summed E-state index contributed by atoms with van der Waals surface area (Å²) in [5.41, 5.74) is 0. The van der Waals surface area contributed by atoms with E-state index in [1.165, 1.54) is 0 Å². The zero-order valence-electron chi connectivity index (χ0n) is 2.97. The maximum absolute atomic E-state index is 8.56. The van der Waals surface area contributed by atoms with Crippen molar-refractivity contribution in [3.05, 3.63) is 0 Å². The number of hydrogen-bond donors (Lipinski definition) is 2. The predicted octanol–water partition coefficient (Wildman–Crippen LogP) is 0.0986. The molecule has 0 bridgehead atoms. The summed E-state index contributed by atoms with van der Waals surface area (Å²) >= 11 is 1.69. The van der Waals surface area contributed by atoms with Gasteiger partial charge in [-0.15, -0.1) is 0 Å². The van der Waals surface area contributed by atoms with Crippen LogP contribution in [0.25, 0.3) is 0 Å². The van der Waals surface area contributed by atoms with Gasteiger partial charge >= 0.3 is 25.9 Å². The summed E-state index contributed by atoms with van der Waals surface area (Å²) in [5, 5.41) is 13.9. The van der Waals surface area contributed by atoms with Gasteiger partial charge in [-0.3, -0.25) is 0 Å². The molecule has 0 aromatic heterocycles. The number of rotatable bonds is 0. The fourth-order valence-electron chi connectivity index (χ4n) is 0. The van der Waals surface area contributed by atoms with Crippen LogP contribution in [0.15, 0.2) is 0 Å². The van der Waals surface area contributed by atoms with Gasteiger partial charge in [-0.05, 0) is 0 Å². The van der Waals surface area contributed by atoms with E-state index in [1.807, 2.05) is 0 Å². The Kier molecular flexibility index (Phi) is 37.0. The van der Waals surface area contributed by atoms with Crippen molar-refractivity contribution in [2.45, 2.75) is 0 Å². The molecule has 7 heavy (non-hydrogen) atoms. The second kappa shape index (κ2) is 16.5. The molecular formula is CH2Mn2O4. The van der Waals surface area contributed by atoms with E-state index < -0.39 is 6.16 Å². The Morgan fingerprint density at radius 1 is 1.29 bits per heavy atom. The molecule has 0 aromatic rings. The molecule has 0 unspecified atom stereocenters. The van der Waals surface area contributed by atoms with E-state index >= 15 is 0 Å². The standard InChI is InChI=1S/CH2O3.2Mn.O/c2-1(3)4;;;/h(H2,2,3,4);;;. The maximum atomic E-state index is 8.56. The Balaban J connectivity index is -0.0000000480. The Morgan fingerprint density at radius 3 is 1.29 bits per heavy atom. The summed E-state index contributed by atoms with van der Waals surface area (Å²) < 4.78 is 8.06. The molecule has 0 aliphatic heterocycles. The SMILES string of the molecule is O=C(O)O.[Mn].[O]=[Mn]. The second-order valence-corrected chi connectivity index (χ2v) is 0.283. The van der Waals surface area contributed by atoms with Gasteiger partial charge < -0.3 is 10.2 Å². The van der Waals surface area contributed by atoms with Crippen molar-refractivity contribution in [2.75, 3.05) is 0 Å². The molecule has 4 nitrogen and oxygen atoms in total. The molecule has 0 saturated heterocycles. The molecule has 0 rings (SSSR count). The molecule has 0 fully saturated rings. The fourth-order valence-corrected chi connectivity index (χ4v) is 0. The minimum atomic E-state index is -1.83. The van der Waals surface area contributed by atoms with E-state index in [0.717, 1.165) is 0 Å². The van der Waals surface area contributed by atoms with E-state index in [0.29, 0.717) is 0 Å². The third-order valence-corrected chi connectivity index (χ3v) is 0.